The van der Waals surface area contributed by atoms with Gasteiger partial charge < -0.3 is 9.84 Å². The molecule has 0 amide bonds. The summed E-state index contributed by atoms with van der Waals surface area (Å²) in [6.07, 6.45) is 0.479. The first-order valence-corrected chi connectivity index (χ1v) is 6.76. The summed E-state index contributed by atoms with van der Waals surface area (Å²) < 4.78 is 32.4. The molecule has 7 heteroatoms. The van der Waals surface area contributed by atoms with Crippen molar-refractivity contribution in [1.82, 2.24) is 4.98 Å². The molecule has 0 atom stereocenters. The first kappa shape index (κ1) is 15.4. The van der Waals surface area contributed by atoms with Gasteiger partial charge >= 0.3 is 5.97 Å². The van der Waals surface area contributed by atoms with E-state index < -0.39 is 17.6 Å². The van der Waals surface area contributed by atoms with Gasteiger partial charge in [0.2, 0.25) is 11.7 Å². The Morgan fingerprint density at radius 2 is 2.05 bits per heavy atom. The summed E-state index contributed by atoms with van der Waals surface area (Å²) in [7, 11) is 0. The van der Waals surface area contributed by atoms with E-state index in [-0.39, 0.29) is 17.2 Å². The van der Waals surface area contributed by atoms with Crippen LogP contribution in [0.5, 0.6) is 11.6 Å². The molecule has 0 radical (unpaired) electrons. The molecule has 110 valence electrons. The normalized spacial score (nSPS) is 10.5. The molecule has 1 heterocycles. The highest BCUT2D eigenvalue weighted by Gasteiger charge is 2.15. The van der Waals surface area contributed by atoms with Crippen LogP contribution in [0.15, 0.2) is 28.7 Å². The average molecular weight is 358 g/mol. The van der Waals surface area contributed by atoms with Crippen LogP contribution in [-0.4, -0.2) is 16.1 Å². The highest BCUT2D eigenvalue weighted by molar-refractivity contribution is 9.10. The minimum Gasteiger partial charge on any atom is -0.478 e. The van der Waals surface area contributed by atoms with Crippen LogP contribution in [0.1, 0.15) is 23.0 Å². The van der Waals surface area contributed by atoms with Gasteiger partial charge in [-0.05, 0) is 24.6 Å². The highest BCUT2D eigenvalue weighted by Crippen LogP contribution is 2.29. The van der Waals surface area contributed by atoms with Crippen molar-refractivity contribution in [2.45, 2.75) is 13.3 Å². The lowest BCUT2D eigenvalue weighted by Crippen LogP contribution is -2.02. The van der Waals surface area contributed by atoms with Gasteiger partial charge in [0.05, 0.1) is 5.56 Å². The van der Waals surface area contributed by atoms with E-state index in [4.69, 9.17) is 9.84 Å². The second-order valence-electron chi connectivity index (χ2n) is 4.15. The standard InChI is InChI=1S/C14H10BrF2NO3/c1-2-9-3-7(14(19)20)4-12(18-9)21-11-6-8(15)5-10(16)13(11)17/h3-6H,2H2,1H3,(H,19,20). The summed E-state index contributed by atoms with van der Waals surface area (Å²) in [6, 6.07) is 4.74. The fraction of sp³-hybridized carbons (Fsp3) is 0.143. The molecule has 1 N–H and O–H groups in total. The van der Waals surface area contributed by atoms with Crippen LogP contribution < -0.4 is 4.74 Å². The molecule has 1 aromatic heterocycles. The number of carboxylic acids is 1. The van der Waals surface area contributed by atoms with Gasteiger partial charge in [-0.25, -0.2) is 14.2 Å². The van der Waals surface area contributed by atoms with Gasteiger partial charge in [-0.3, -0.25) is 0 Å². The summed E-state index contributed by atoms with van der Waals surface area (Å²) in [6.45, 7) is 1.79. The van der Waals surface area contributed by atoms with Crippen molar-refractivity contribution in [3.63, 3.8) is 0 Å². The Labute approximate surface area is 127 Å². The Morgan fingerprint density at radius 3 is 2.67 bits per heavy atom. The monoisotopic (exact) mass is 357 g/mol. The molecule has 2 rings (SSSR count). The quantitative estimate of drug-likeness (QED) is 0.834. The molecular weight excluding hydrogens is 348 g/mol. The van der Waals surface area contributed by atoms with Crippen molar-refractivity contribution in [2.24, 2.45) is 0 Å². The van der Waals surface area contributed by atoms with Crippen LogP contribution in [0.3, 0.4) is 0 Å². The van der Waals surface area contributed by atoms with Crippen LogP contribution in [0.2, 0.25) is 0 Å². The maximum Gasteiger partial charge on any atom is 0.335 e. The molecule has 21 heavy (non-hydrogen) atoms. The molecule has 0 bridgehead atoms. The number of benzene rings is 1. The number of carboxylic acid groups (broad SMARTS) is 1. The van der Waals surface area contributed by atoms with Crippen LogP contribution >= 0.6 is 15.9 Å². The summed E-state index contributed by atoms with van der Waals surface area (Å²) in [5.41, 5.74) is 0.438. The summed E-state index contributed by atoms with van der Waals surface area (Å²) in [5, 5.41) is 9.01. The van der Waals surface area contributed by atoms with Crippen molar-refractivity contribution in [1.29, 1.82) is 0 Å². The van der Waals surface area contributed by atoms with Gasteiger partial charge in [0.1, 0.15) is 0 Å². The number of rotatable bonds is 4. The molecule has 0 fully saturated rings. The summed E-state index contributed by atoms with van der Waals surface area (Å²) in [5.74, 6) is -3.89. The molecule has 0 saturated carbocycles. The molecule has 0 aliphatic rings. The third-order valence-electron chi connectivity index (χ3n) is 2.64. The third-order valence-corrected chi connectivity index (χ3v) is 3.10. The second kappa shape index (κ2) is 6.17. The van der Waals surface area contributed by atoms with Crippen molar-refractivity contribution in [3.8, 4) is 11.6 Å². The SMILES string of the molecule is CCc1cc(C(=O)O)cc(Oc2cc(Br)cc(F)c2F)n1. The largest absolute Gasteiger partial charge is 0.478 e. The maximum absolute atomic E-state index is 13.6. The van der Waals surface area contributed by atoms with Crippen LogP contribution in [0.4, 0.5) is 8.78 Å². The van der Waals surface area contributed by atoms with Crippen molar-refractivity contribution < 1.29 is 23.4 Å². The predicted octanol–water partition coefficient (Wildman–Crippen LogP) is 4.18. The average Bonchev–Trinajstić information content (AvgIpc) is 2.43. The van der Waals surface area contributed by atoms with Crippen LogP contribution in [0, 0.1) is 11.6 Å². The molecule has 0 saturated heterocycles. The number of aromatic nitrogens is 1. The maximum atomic E-state index is 13.6. The van der Waals surface area contributed by atoms with Crippen molar-refractivity contribution in [2.75, 3.05) is 0 Å². The van der Waals surface area contributed by atoms with E-state index in [1.807, 2.05) is 0 Å². The topological polar surface area (TPSA) is 59.4 Å². The zero-order chi connectivity index (χ0) is 15.6. The number of nitrogens with zero attached hydrogens (tertiary/aromatic N) is 1. The number of aromatic carboxylic acids is 1. The molecule has 0 aliphatic carbocycles. The fourth-order valence-electron chi connectivity index (χ4n) is 1.64. The zero-order valence-corrected chi connectivity index (χ0v) is 12.4. The molecule has 0 spiro atoms. The van der Waals surface area contributed by atoms with Gasteiger partial charge in [0, 0.05) is 16.2 Å². The Balaban J connectivity index is 2.44. The number of ether oxygens (including phenoxy) is 1. The van der Waals surface area contributed by atoms with E-state index in [1.54, 1.807) is 6.92 Å². The van der Waals surface area contributed by atoms with Gasteiger partial charge in [-0.15, -0.1) is 0 Å². The molecular formula is C14H10BrF2NO3. The number of carbonyl (C=O) groups is 1. The van der Waals surface area contributed by atoms with E-state index in [1.165, 1.54) is 12.1 Å². The van der Waals surface area contributed by atoms with Gasteiger partial charge in [0.25, 0.3) is 0 Å². The van der Waals surface area contributed by atoms with E-state index in [0.29, 0.717) is 16.6 Å². The Kier molecular flexibility index (Phi) is 4.52. The van der Waals surface area contributed by atoms with Gasteiger partial charge in [-0.2, -0.15) is 4.39 Å². The lowest BCUT2D eigenvalue weighted by atomic mass is 10.2. The fourth-order valence-corrected chi connectivity index (χ4v) is 2.05. The van der Waals surface area contributed by atoms with Gasteiger partial charge in [-0.1, -0.05) is 22.9 Å². The molecule has 2 aromatic rings. The van der Waals surface area contributed by atoms with Crippen LogP contribution in [-0.2, 0) is 6.42 Å². The minimum atomic E-state index is -1.17. The number of halogens is 3. The van der Waals surface area contributed by atoms with Crippen LogP contribution in [0.25, 0.3) is 0 Å². The van der Waals surface area contributed by atoms with E-state index >= 15 is 0 Å². The Morgan fingerprint density at radius 1 is 1.33 bits per heavy atom. The smallest absolute Gasteiger partial charge is 0.335 e. The van der Waals surface area contributed by atoms with Crippen molar-refractivity contribution >= 4 is 21.9 Å². The number of hydrogen-bond acceptors (Lipinski definition) is 3. The minimum absolute atomic E-state index is 0.0345. The lowest BCUT2D eigenvalue weighted by molar-refractivity contribution is 0.0696. The van der Waals surface area contributed by atoms with E-state index in [0.717, 1.165) is 12.1 Å². The zero-order valence-electron chi connectivity index (χ0n) is 10.9. The molecule has 0 aliphatic heterocycles. The lowest BCUT2D eigenvalue weighted by Gasteiger charge is -2.09. The number of pyridine rings is 1. The molecule has 4 nitrogen and oxygen atoms in total. The molecule has 0 unspecified atom stereocenters. The van der Waals surface area contributed by atoms with E-state index in [9.17, 15) is 13.6 Å². The number of hydrogen-bond donors (Lipinski definition) is 1. The Hall–Kier alpha value is -2.02. The van der Waals surface area contributed by atoms with Crippen molar-refractivity contribution in [3.05, 3.63) is 51.6 Å². The van der Waals surface area contributed by atoms with Gasteiger partial charge in [0.15, 0.2) is 11.6 Å². The Bertz CT molecular complexity index is 707. The molecule has 1 aromatic carbocycles. The third kappa shape index (κ3) is 3.55. The first-order chi connectivity index (χ1) is 9.90. The first-order valence-electron chi connectivity index (χ1n) is 5.97. The van der Waals surface area contributed by atoms with E-state index in [2.05, 4.69) is 20.9 Å². The summed E-state index contributed by atoms with van der Waals surface area (Å²) in [4.78, 5) is 15.1. The highest BCUT2D eigenvalue weighted by atomic mass is 79.9. The summed E-state index contributed by atoms with van der Waals surface area (Å²) >= 11 is 3.03. The second-order valence-corrected chi connectivity index (χ2v) is 5.06. The predicted molar refractivity (Wildman–Crippen MR) is 74.7 cm³/mol. The number of aryl methyl sites for hydroxylation is 1.